The number of carboxylic acid groups (broad SMARTS) is 2. The van der Waals surface area contributed by atoms with E-state index in [1.165, 1.54) is 29.0 Å². The minimum absolute atomic E-state index is 0. The maximum Gasteiger partial charge on any atom is 0.410 e. The molecule has 12 atom stereocenters. The summed E-state index contributed by atoms with van der Waals surface area (Å²) in [5.41, 5.74) is 13.9. The fourth-order valence-electron chi connectivity index (χ4n) is 15.6. The molecule has 4 aromatic carbocycles. The summed E-state index contributed by atoms with van der Waals surface area (Å²) >= 11 is 0. The Balaban J connectivity index is 0.000000259. The molecule has 0 aromatic heterocycles. The molecular formula is C96H134ClN11O26. The number of ketones is 3. The quantitative estimate of drug-likeness (QED) is 0.0168. The van der Waals surface area contributed by atoms with Gasteiger partial charge in [0.15, 0.2) is 17.3 Å². The van der Waals surface area contributed by atoms with Crippen molar-refractivity contribution in [1.29, 1.82) is 0 Å². The van der Waals surface area contributed by atoms with E-state index in [0.717, 1.165) is 61.6 Å². The van der Waals surface area contributed by atoms with Crippen molar-refractivity contribution in [2.24, 2.45) is 29.2 Å². The zero-order chi connectivity index (χ0) is 98.2. The van der Waals surface area contributed by atoms with Gasteiger partial charge in [0.2, 0.25) is 29.5 Å². The average molecular weight is 1890 g/mol. The van der Waals surface area contributed by atoms with Crippen molar-refractivity contribution in [2.45, 2.75) is 296 Å². The number of aliphatic carboxylic acids is 1. The Morgan fingerprint density at radius 1 is 0.463 bits per heavy atom. The molecule has 736 valence electrons. The predicted octanol–water partition coefficient (Wildman–Crippen LogP) is 9.43. The van der Waals surface area contributed by atoms with E-state index < -0.39 is 95.1 Å². The molecule has 37 nitrogen and oxygen atoms in total. The molecule has 8 fully saturated rings. The summed E-state index contributed by atoms with van der Waals surface area (Å²) in [6, 6.07) is 23.1. The third-order valence-electron chi connectivity index (χ3n) is 23.1. The van der Waals surface area contributed by atoms with Gasteiger partial charge >= 0.3 is 54.1 Å². The van der Waals surface area contributed by atoms with E-state index in [9.17, 15) is 86.6 Å². The second-order valence-corrected chi connectivity index (χ2v) is 36.9. The van der Waals surface area contributed by atoms with Crippen molar-refractivity contribution in [3.63, 3.8) is 0 Å². The van der Waals surface area contributed by atoms with Gasteiger partial charge in [0.1, 0.15) is 53.1 Å². The molecule has 4 aromatic rings. The molecular weight excluding hydrogens is 1760 g/mol. The number of cyclic esters (lactones) is 4. The molecule has 0 radical (unpaired) electrons. The molecule has 0 unspecified atom stereocenters. The summed E-state index contributed by atoms with van der Waals surface area (Å²) in [6.45, 7) is 22.0. The van der Waals surface area contributed by atoms with Crippen molar-refractivity contribution >= 4 is 113 Å². The van der Waals surface area contributed by atoms with E-state index in [2.05, 4.69) is 36.6 Å². The largest absolute Gasteiger partial charge is 0.480 e. The van der Waals surface area contributed by atoms with Crippen LogP contribution in [0.15, 0.2) is 97.1 Å². The molecule has 134 heavy (non-hydrogen) atoms. The monoisotopic (exact) mass is 1890 g/mol. The number of ether oxygens (including phenoxy) is 7. The molecule has 8 saturated heterocycles. The van der Waals surface area contributed by atoms with Crippen LogP contribution in [0, 0.1) is 17.8 Å². The zero-order valence-corrected chi connectivity index (χ0v) is 79.7. The summed E-state index contributed by atoms with van der Waals surface area (Å²) in [7, 11) is 3.16. The average Bonchev–Trinajstić information content (AvgIpc) is 1.65. The number of benzene rings is 4. The number of halogens is 1. The Labute approximate surface area is 787 Å². The van der Waals surface area contributed by atoms with Gasteiger partial charge in [-0.1, -0.05) is 92.4 Å². The number of carbonyl (C=O) groups excluding carboxylic acids is 15. The van der Waals surface area contributed by atoms with Crippen LogP contribution in [-0.2, 0) is 107 Å². The van der Waals surface area contributed by atoms with Crippen LogP contribution in [-0.4, -0.2) is 238 Å². The highest BCUT2D eigenvalue weighted by atomic mass is 35.5. The Morgan fingerprint density at radius 3 is 1.18 bits per heavy atom. The molecule has 8 aliphatic heterocycles. The summed E-state index contributed by atoms with van der Waals surface area (Å²) in [6.07, 6.45) is 9.80. The summed E-state index contributed by atoms with van der Waals surface area (Å²) in [5, 5.41) is 35.0. The van der Waals surface area contributed by atoms with E-state index in [1.54, 1.807) is 149 Å². The summed E-state index contributed by atoms with van der Waals surface area (Å²) in [4.78, 5) is 209. The van der Waals surface area contributed by atoms with Crippen LogP contribution < -0.4 is 43.4 Å². The van der Waals surface area contributed by atoms with Gasteiger partial charge in [0.05, 0.1) is 55.8 Å². The topological polar surface area (TPSA) is 529 Å². The van der Waals surface area contributed by atoms with Gasteiger partial charge < -0.3 is 96.5 Å². The molecule has 8 amide bonds. The van der Waals surface area contributed by atoms with Gasteiger partial charge in [-0.15, -0.1) is 12.4 Å². The van der Waals surface area contributed by atoms with Gasteiger partial charge in [-0.25, -0.2) is 24.0 Å². The number of likely N-dealkylation sites (N-methyl/N-ethyl adjacent to an activating group) is 2. The maximum atomic E-state index is 13.5. The fraction of sp³-hybridized carbons (Fsp3) is 0.573. The number of aromatic carboxylic acids is 1. The number of carbonyl (C=O) groups is 17. The number of hydrogen-bond acceptors (Lipinski definition) is 27. The van der Waals surface area contributed by atoms with Crippen molar-refractivity contribution < 1.29 is 125 Å². The second-order valence-electron chi connectivity index (χ2n) is 36.9. The molecule has 8 heterocycles. The molecule has 0 bridgehead atoms. The van der Waals surface area contributed by atoms with E-state index >= 15 is 0 Å². The van der Waals surface area contributed by atoms with Gasteiger partial charge in [0.25, 0.3) is 0 Å². The van der Waals surface area contributed by atoms with E-state index in [0.29, 0.717) is 113 Å². The van der Waals surface area contributed by atoms with Crippen LogP contribution >= 0.6 is 12.4 Å². The van der Waals surface area contributed by atoms with Crippen molar-refractivity contribution in [2.75, 3.05) is 40.5 Å². The molecule has 8 aliphatic rings. The molecule has 0 saturated carbocycles. The molecule has 12 N–H and O–H groups in total. The second kappa shape index (κ2) is 52.6. The lowest BCUT2D eigenvalue weighted by Crippen LogP contribution is -2.57. The molecule has 0 aliphatic carbocycles. The normalized spacial score (nSPS) is 21.6. The number of esters is 4. The van der Waals surface area contributed by atoms with Gasteiger partial charge in [-0.2, -0.15) is 0 Å². The number of nitrogens with two attached hydrogens (primary N) is 2. The zero-order valence-electron chi connectivity index (χ0n) is 78.9. The molecule has 12 rings (SSSR count). The van der Waals surface area contributed by atoms with Crippen LogP contribution in [0.2, 0.25) is 0 Å². The number of nitrogens with one attached hydrogen (secondary N) is 6. The minimum Gasteiger partial charge on any atom is -0.480 e. The SMILES string of the molecule is CC(C)(C)OC(=O)NCc1cccc(C(=O)C[C@H]2CCOC2=O)c1.CC(C)(C)OC(=O)NCc1cccc(C(=O)O)c1.CN[C@@H](C)C(=O)N[C@H]1CCCC[C@H]2CC[C@@H](C(=O)NCc3cccc(C(=O)C[C@H]4CCOC4=O)c3)N2C1=O.C[C@@H](C(=O)N[C@H]1CCCC[C@H]2CC[C@@H](C(=O)O)N2C1=O)N(C)C(=O)OC(C)(C)C.Cl.NCc1cccc(C(=O)C[C@H]2CCOC2=O)c1.N[C@H]1CCOC1=O. The number of Topliss-reactive ketones (excluding diaryl/α,β-unsaturated/α-hetero) is 3. The van der Waals surface area contributed by atoms with Gasteiger partial charge in [-0.05, 0) is 206 Å². The summed E-state index contributed by atoms with van der Waals surface area (Å²) in [5.74, 6) is -5.90. The highest BCUT2D eigenvalue weighted by molar-refractivity contribution is 6.01. The lowest BCUT2D eigenvalue weighted by atomic mass is 9.96. The first kappa shape index (κ1) is 111. The van der Waals surface area contributed by atoms with E-state index in [1.807, 2.05) is 24.3 Å². The lowest BCUT2D eigenvalue weighted by molar-refractivity contribution is -0.151. The number of alkyl carbamates (subject to hydrolysis) is 2. The van der Waals surface area contributed by atoms with Gasteiger partial charge in [-0.3, -0.25) is 62.4 Å². The number of hydrogen-bond donors (Lipinski definition) is 10. The number of fused-ring (bicyclic) bond motifs is 2. The number of rotatable bonds is 25. The highest BCUT2D eigenvalue weighted by Gasteiger charge is 2.47. The van der Waals surface area contributed by atoms with Crippen LogP contribution in [0.5, 0.6) is 0 Å². The Morgan fingerprint density at radius 2 is 0.821 bits per heavy atom. The lowest BCUT2D eigenvalue weighted by Gasteiger charge is -2.35. The Hall–Kier alpha value is -12.0. The van der Waals surface area contributed by atoms with Crippen LogP contribution in [0.1, 0.15) is 262 Å². The van der Waals surface area contributed by atoms with Gasteiger partial charge in [0, 0.05) is 87.7 Å². The fourth-order valence-corrected chi connectivity index (χ4v) is 15.6. The molecule has 0 spiro atoms. The predicted molar refractivity (Wildman–Crippen MR) is 491 cm³/mol. The Bertz CT molecular complexity index is 4780. The third-order valence-corrected chi connectivity index (χ3v) is 23.1. The van der Waals surface area contributed by atoms with E-state index in [4.69, 9.17) is 45.0 Å². The number of carboxylic acids is 2. The Kier molecular flexibility index (Phi) is 43.5. The number of nitrogens with zero attached hydrogens (tertiary/aromatic N) is 3. The van der Waals surface area contributed by atoms with Crippen molar-refractivity contribution in [3.8, 4) is 0 Å². The third kappa shape index (κ3) is 35.8. The van der Waals surface area contributed by atoms with Crippen molar-refractivity contribution in [3.05, 3.63) is 142 Å². The first-order valence-corrected chi connectivity index (χ1v) is 45.4. The van der Waals surface area contributed by atoms with Crippen LogP contribution in [0.4, 0.5) is 14.4 Å². The van der Waals surface area contributed by atoms with Crippen LogP contribution in [0.25, 0.3) is 0 Å². The first-order chi connectivity index (χ1) is 62.7. The summed E-state index contributed by atoms with van der Waals surface area (Å²) < 4.78 is 34.7. The first-order valence-electron chi connectivity index (χ1n) is 45.4. The standard InChI is InChI=1S/C28H38N4O6.C20H33N3O6.C18H23NO5.C13H17NO4.C13H15NO3.C4H7NO2.ClH/c1-17(29-2)25(34)31-22-9-4-3-8-21-10-11-23(32(21)27(22)36)26(35)30-16-18-6-5-7-19(14-18)24(33)15-20-12-13-38-28(20)37;1-12(22(5)19(28)29-20(2,3)4)16(24)21-14-9-7-6-8-13-10-11-15(18(26)27)23(13)17(14)25;1-18(2,3)24-17(22)19-11-12-5-4-6-13(9-12)15(20)10-14-7-8-23-16(14)21;1-13(2,3)18-12(17)14-8-9-5-4-6-10(7-9)11(15)16;14-8-9-2-1-3-10(6-9)12(15)7-11-4-5-17-13(11)16;5-3-1-2-7-4(3)6;/h5-7,14,17,20-23,29H,3-4,8-13,15-16H2,1-2H3,(H,30,35)(H,31,34);12-15H,6-11H2,1-5H3,(H,21,24)(H,26,27);4-6,9,14H,7-8,10-11H2,1-3H3,(H,19,22);4-7H,8H2,1-3H3,(H,14,17)(H,15,16);1-3,6,11H,4-5,7-8,14H2;3H,1-2,5H2;1H/t17-,20+,21-,22-,23-;12-,13-,14-,15-;14-;;11-;3-;/m001.10./s1. The maximum absolute atomic E-state index is 13.5. The highest BCUT2D eigenvalue weighted by Crippen LogP contribution is 2.34. The number of amides is 8. The molecule has 38 heteroatoms. The van der Waals surface area contributed by atoms with E-state index in [-0.39, 0.29) is 152 Å². The van der Waals surface area contributed by atoms with Crippen LogP contribution in [0.3, 0.4) is 0 Å². The minimum atomic E-state index is -1.01. The smallest absolute Gasteiger partial charge is 0.410 e. The van der Waals surface area contributed by atoms with Crippen molar-refractivity contribution in [1.82, 2.24) is 46.6 Å².